The second kappa shape index (κ2) is 9.08. The van der Waals surface area contributed by atoms with Crippen LogP contribution in [-0.2, 0) is 27.2 Å². The lowest BCUT2D eigenvalue weighted by molar-refractivity contribution is -0.145. The van der Waals surface area contributed by atoms with Crippen molar-refractivity contribution < 1.29 is 19.1 Å². The number of hydrogen-bond acceptors (Lipinski definition) is 4. The number of methoxy groups -OCH3 is 1. The van der Waals surface area contributed by atoms with E-state index in [0.717, 1.165) is 22.9 Å². The summed E-state index contributed by atoms with van der Waals surface area (Å²) in [5.41, 5.74) is 3.11. The van der Waals surface area contributed by atoms with Crippen LogP contribution in [0.15, 0.2) is 54.7 Å². The molecule has 0 spiro atoms. The number of aryl methyl sites for hydroxylation is 1. The average molecular weight is 380 g/mol. The summed E-state index contributed by atoms with van der Waals surface area (Å²) < 4.78 is 10.4. The summed E-state index contributed by atoms with van der Waals surface area (Å²) in [5, 5.41) is 3.72. The molecule has 2 N–H and O–H groups in total. The van der Waals surface area contributed by atoms with Crippen molar-refractivity contribution in [3.8, 4) is 5.75 Å². The van der Waals surface area contributed by atoms with Gasteiger partial charge in [0, 0.05) is 23.5 Å². The van der Waals surface area contributed by atoms with E-state index in [1.165, 1.54) is 12.7 Å². The minimum atomic E-state index is -0.789. The van der Waals surface area contributed by atoms with Gasteiger partial charge in [0.1, 0.15) is 11.8 Å². The summed E-state index contributed by atoms with van der Waals surface area (Å²) in [7, 11) is 1.31. The van der Waals surface area contributed by atoms with Gasteiger partial charge in [-0.3, -0.25) is 4.79 Å². The molecule has 6 heteroatoms. The summed E-state index contributed by atoms with van der Waals surface area (Å²) in [5.74, 6) is -0.265. The van der Waals surface area contributed by atoms with Gasteiger partial charge >= 0.3 is 5.97 Å². The third-order valence-corrected chi connectivity index (χ3v) is 4.62. The fourth-order valence-electron chi connectivity index (χ4n) is 3.06. The second-order valence-corrected chi connectivity index (χ2v) is 6.49. The van der Waals surface area contributed by atoms with Crippen LogP contribution in [0.2, 0.25) is 0 Å². The zero-order chi connectivity index (χ0) is 19.9. The van der Waals surface area contributed by atoms with E-state index in [9.17, 15) is 9.59 Å². The van der Waals surface area contributed by atoms with Crippen LogP contribution in [0, 0.1) is 0 Å². The van der Waals surface area contributed by atoms with Gasteiger partial charge in [0.2, 0.25) is 0 Å². The van der Waals surface area contributed by atoms with Crippen molar-refractivity contribution >= 4 is 22.8 Å². The van der Waals surface area contributed by atoms with Gasteiger partial charge in [0.15, 0.2) is 6.61 Å². The molecule has 0 saturated carbocycles. The molecule has 0 bridgehead atoms. The first kappa shape index (κ1) is 19.5. The SMILES string of the molecule is CCc1ccc(OCC(=O)N[C@H](Cc2c[nH]c3ccccc23)C(=O)OC)cc1. The molecule has 1 aromatic heterocycles. The van der Waals surface area contributed by atoms with Gasteiger partial charge in [-0.05, 0) is 35.7 Å². The maximum Gasteiger partial charge on any atom is 0.328 e. The van der Waals surface area contributed by atoms with Gasteiger partial charge in [-0.1, -0.05) is 37.3 Å². The number of ether oxygens (including phenoxy) is 2. The van der Waals surface area contributed by atoms with E-state index in [4.69, 9.17) is 9.47 Å². The molecule has 1 heterocycles. The molecule has 0 aliphatic carbocycles. The lowest BCUT2D eigenvalue weighted by atomic mass is 10.0. The Morgan fingerprint density at radius 3 is 2.57 bits per heavy atom. The third-order valence-electron chi connectivity index (χ3n) is 4.62. The summed E-state index contributed by atoms with van der Waals surface area (Å²) in [6.07, 6.45) is 3.11. The van der Waals surface area contributed by atoms with E-state index < -0.39 is 12.0 Å². The predicted octanol–water partition coefficient (Wildman–Crippen LogP) is 3.01. The number of benzene rings is 2. The lowest BCUT2D eigenvalue weighted by Crippen LogP contribution is -2.44. The van der Waals surface area contributed by atoms with Crippen molar-refractivity contribution in [3.05, 3.63) is 65.9 Å². The number of para-hydroxylation sites is 1. The fourth-order valence-corrected chi connectivity index (χ4v) is 3.06. The van der Waals surface area contributed by atoms with Crippen LogP contribution in [0.4, 0.5) is 0 Å². The second-order valence-electron chi connectivity index (χ2n) is 6.49. The highest BCUT2D eigenvalue weighted by Crippen LogP contribution is 2.19. The maximum atomic E-state index is 12.3. The maximum absolute atomic E-state index is 12.3. The number of aromatic amines is 1. The van der Waals surface area contributed by atoms with Crippen LogP contribution < -0.4 is 10.1 Å². The van der Waals surface area contributed by atoms with Crippen molar-refractivity contribution in [2.45, 2.75) is 25.8 Å². The third kappa shape index (κ3) is 4.71. The molecular formula is C22H24N2O4. The van der Waals surface area contributed by atoms with Gasteiger partial charge < -0.3 is 19.8 Å². The largest absolute Gasteiger partial charge is 0.484 e. The normalized spacial score (nSPS) is 11.8. The Morgan fingerprint density at radius 1 is 1.11 bits per heavy atom. The molecule has 28 heavy (non-hydrogen) atoms. The van der Waals surface area contributed by atoms with Gasteiger partial charge in [-0.15, -0.1) is 0 Å². The topological polar surface area (TPSA) is 80.4 Å². The van der Waals surface area contributed by atoms with E-state index in [1.54, 1.807) is 0 Å². The van der Waals surface area contributed by atoms with E-state index >= 15 is 0 Å². The fraction of sp³-hybridized carbons (Fsp3) is 0.273. The van der Waals surface area contributed by atoms with Crippen LogP contribution in [0.25, 0.3) is 10.9 Å². The lowest BCUT2D eigenvalue weighted by Gasteiger charge is -2.16. The van der Waals surface area contributed by atoms with Crippen molar-refractivity contribution in [1.29, 1.82) is 0 Å². The number of fused-ring (bicyclic) bond motifs is 1. The first-order valence-electron chi connectivity index (χ1n) is 9.24. The number of carbonyl (C=O) groups excluding carboxylic acids is 2. The Labute approximate surface area is 163 Å². The Hall–Kier alpha value is -3.28. The number of H-pyrrole nitrogens is 1. The number of hydrogen-bond donors (Lipinski definition) is 2. The van der Waals surface area contributed by atoms with Crippen molar-refractivity contribution in [1.82, 2.24) is 10.3 Å². The van der Waals surface area contributed by atoms with Crippen molar-refractivity contribution in [2.24, 2.45) is 0 Å². The van der Waals surface area contributed by atoms with Gasteiger partial charge in [-0.25, -0.2) is 4.79 Å². The Bertz CT molecular complexity index is 947. The Balaban J connectivity index is 1.63. The zero-order valence-electron chi connectivity index (χ0n) is 16.0. The van der Waals surface area contributed by atoms with Crippen LogP contribution >= 0.6 is 0 Å². The molecule has 0 aliphatic heterocycles. The molecule has 1 atom stereocenters. The summed E-state index contributed by atoms with van der Waals surface area (Å²) in [6.45, 7) is 1.90. The van der Waals surface area contributed by atoms with Gasteiger partial charge in [0.05, 0.1) is 7.11 Å². The minimum absolute atomic E-state index is 0.174. The molecule has 3 rings (SSSR count). The van der Waals surface area contributed by atoms with E-state index in [0.29, 0.717) is 12.2 Å². The van der Waals surface area contributed by atoms with E-state index in [1.807, 2.05) is 54.7 Å². The van der Waals surface area contributed by atoms with E-state index in [2.05, 4.69) is 17.2 Å². The number of nitrogens with one attached hydrogen (secondary N) is 2. The molecule has 0 saturated heterocycles. The highest BCUT2D eigenvalue weighted by atomic mass is 16.5. The quantitative estimate of drug-likeness (QED) is 0.589. The van der Waals surface area contributed by atoms with Crippen LogP contribution in [-0.4, -0.2) is 36.6 Å². The molecular weight excluding hydrogens is 356 g/mol. The minimum Gasteiger partial charge on any atom is -0.484 e. The predicted molar refractivity (Wildman–Crippen MR) is 107 cm³/mol. The molecule has 1 amide bonds. The molecule has 3 aromatic rings. The van der Waals surface area contributed by atoms with Gasteiger partial charge in [0.25, 0.3) is 5.91 Å². The van der Waals surface area contributed by atoms with Crippen molar-refractivity contribution in [2.75, 3.05) is 13.7 Å². The molecule has 2 aromatic carbocycles. The number of aromatic nitrogens is 1. The number of carbonyl (C=O) groups is 2. The van der Waals surface area contributed by atoms with Crippen LogP contribution in [0.5, 0.6) is 5.75 Å². The summed E-state index contributed by atoms with van der Waals surface area (Å²) >= 11 is 0. The summed E-state index contributed by atoms with van der Waals surface area (Å²) in [4.78, 5) is 27.6. The van der Waals surface area contributed by atoms with Crippen LogP contribution in [0.3, 0.4) is 0 Å². The first-order valence-corrected chi connectivity index (χ1v) is 9.24. The van der Waals surface area contributed by atoms with E-state index in [-0.39, 0.29) is 12.5 Å². The number of esters is 1. The molecule has 0 fully saturated rings. The molecule has 146 valence electrons. The number of amides is 1. The highest BCUT2D eigenvalue weighted by Gasteiger charge is 2.23. The molecule has 0 radical (unpaired) electrons. The zero-order valence-corrected chi connectivity index (χ0v) is 16.0. The molecule has 6 nitrogen and oxygen atoms in total. The molecule has 0 unspecified atom stereocenters. The highest BCUT2D eigenvalue weighted by molar-refractivity contribution is 5.87. The standard InChI is InChI=1S/C22H24N2O4/c1-3-15-8-10-17(11-9-15)28-14-21(25)24-20(22(26)27-2)12-16-13-23-19-7-5-4-6-18(16)19/h4-11,13,20,23H,3,12,14H2,1-2H3,(H,24,25)/t20-/m1/s1. The van der Waals surface area contributed by atoms with Gasteiger partial charge in [-0.2, -0.15) is 0 Å². The monoisotopic (exact) mass is 380 g/mol. The summed E-state index contributed by atoms with van der Waals surface area (Å²) in [6, 6.07) is 14.6. The average Bonchev–Trinajstić information content (AvgIpc) is 3.14. The smallest absolute Gasteiger partial charge is 0.328 e. The first-order chi connectivity index (χ1) is 13.6. The van der Waals surface area contributed by atoms with Crippen LogP contribution in [0.1, 0.15) is 18.1 Å². The Kier molecular flexibility index (Phi) is 6.32. The molecule has 0 aliphatic rings. The number of rotatable bonds is 8. The Morgan fingerprint density at radius 2 is 1.86 bits per heavy atom. The van der Waals surface area contributed by atoms with Crippen molar-refractivity contribution in [3.63, 3.8) is 0 Å².